The van der Waals surface area contributed by atoms with Crippen molar-refractivity contribution in [1.29, 1.82) is 0 Å². The molecule has 1 aromatic heterocycles. The molecule has 2 rings (SSSR count). The Morgan fingerprint density at radius 3 is 2.74 bits per heavy atom. The van der Waals surface area contributed by atoms with E-state index in [4.69, 9.17) is 9.26 Å². The minimum absolute atomic E-state index is 0.212. The molecule has 1 heterocycles. The molecule has 7 nitrogen and oxygen atoms in total. The Kier molecular flexibility index (Phi) is 3.73. The third-order valence-electron chi connectivity index (χ3n) is 3.20. The van der Waals surface area contributed by atoms with Crippen LogP contribution in [0, 0.1) is 6.92 Å². The molecule has 1 amide bonds. The maximum Gasteiger partial charge on any atom is 0.329 e. The highest BCUT2D eigenvalue weighted by Gasteiger charge is 2.42. The lowest BCUT2D eigenvalue weighted by Crippen LogP contribution is -2.53. The zero-order valence-corrected chi connectivity index (χ0v) is 10.6. The van der Waals surface area contributed by atoms with E-state index in [2.05, 4.69) is 10.5 Å². The van der Waals surface area contributed by atoms with E-state index in [1.807, 2.05) is 0 Å². The highest BCUT2D eigenvalue weighted by molar-refractivity contribution is 5.87. The van der Waals surface area contributed by atoms with Gasteiger partial charge in [0.2, 0.25) is 0 Å². The number of carbonyl (C=O) groups is 2. The maximum absolute atomic E-state index is 11.7. The molecule has 0 unspecified atom stereocenters. The van der Waals surface area contributed by atoms with Crippen LogP contribution in [-0.4, -0.2) is 34.3 Å². The van der Waals surface area contributed by atoms with Crippen LogP contribution in [0.1, 0.15) is 31.4 Å². The van der Waals surface area contributed by atoms with Crippen molar-refractivity contribution in [3.63, 3.8) is 0 Å². The van der Waals surface area contributed by atoms with Crippen molar-refractivity contribution in [3.8, 4) is 5.88 Å². The number of nitrogens with zero attached hydrogens (tertiary/aromatic N) is 1. The Labute approximate surface area is 109 Å². The molecular weight excluding hydrogens is 252 g/mol. The molecule has 1 saturated carbocycles. The minimum atomic E-state index is -1.14. The first-order chi connectivity index (χ1) is 9.02. The molecule has 1 aliphatic carbocycles. The summed E-state index contributed by atoms with van der Waals surface area (Å²) in [5.41, 5.74) is -1.14. The number of hydrogen-bond acceptors (Lipinski definition) is 5. The molecule has 0 atom stereocenters. The number of carbonyl (C=O) groups excluding carboxylic acids is 1. The Morgan fingerprint density at radius 1 is 1.53 bits per heavy atom. The van der Waals surface area contributed by atoms with E-state index in [-0.39, 0.29) is 12.5 Å². The predicted octanol–water partition coefficient (Wildman–Crippen LogP) is 0.875. The summed E-state index contributed by atoms with van der Waals surface area (Å²) in [5, 5.41) is 15.3. The highest BCUT2D eigenvalue weighted by atomic mass is 16.5. The smallest absolute Gasteiger partial charge is 0.329 e. The first-order valence-electron chi connectivity index (χ1n) is 6.12. The number of aromatic nitrogens is 1. The fourth-order valence-corrected chi connectivity index (χ4v) is 2.22. The van der Waals surface area contributed by atoms with E-state index in [9.17, 15) is 14.7 Å². The predicted molar refractivity (Wildman–Crippen MR) is 63.7 cm³/mol. The van der Waals surface area contributed by atoms with Crippen molar-refractivity contribution < 1.29 is 24.0 Å². The van der Waals surface area contributed by atoms with Crippen molar-refractivity contribution in [2.45, 2.75) is 38.1 Å². The third kappa shape index (κ3) is 3.04. The van der Waals surface area contributed by atoms with Gasteiger partial charge in [-0.25, -0.2) is 4.79 Å². The molecule has 7 heteroatoms. The Morgan fingerprint density at radius 2 is 2.21 bits per heavy atom. The molecule has 104 valence electrons. The van der Waals surface area contributed by atoms with Gasteiger partial charge in [0.15, 0.2) is 6.61 Å². The average Bonchev–Trinajstić information content (AvgIpc) is 2.97. The van der Waals surface area contributed by atoms with Gasteiger partial charge in [-0.1, -0.05) is 12.8 Å². The van der Waals surface area contributed by atoms with E-state index in [0.717, 1.165) is 12.8 Å². The fraction of sp³-hybridized carbons (Fsp3) is 0.583. The van der Waals surface area contributed by atoms with Crippen molar-refractivity contribution in [2.24, 2.45) is 0 Å². The fourth-order valence-electron chi connectivity index (χ4n) is 2.22. The van der Waals surface area contributed by atoms with Crippen LogP contribution in [-0.2, 0) is 9.59 Å². The summed E-state index contributed by atoms with van der Waals surface area (Å²) in [7, 11) is 0. The minimum Gasteiger partial charge on any atom is -0.480 e. The van der Waals surface area contributed by atoms with E-state index < -0.39 is 17.4 Å². The molecule has 1 aliphatic rings. The lowest BCUT2D eigenvalue weighted by atomic mass is 9.98. The van der Waals surface area contributed by atoms with Gasteiger partial charge in [0.25, 0.3) is 11.8 Å². The third-order valence-corrected chi connectivity index (χ3v) is 3.20. The maximum atomic E-state index is 11.7. The van der Waals surface area contributed by atoms with Crippen LogP contribution in [0.2, 0.25) is 0 Å². The van der Waals surface area contributed by atoms with Crippen LogP contribution in [0.25, 0.3) is 0 Å². The molecule has 0 saturated heterocycles. The molecule has 19 heavy (non-hydrogen) atoms. The SMILES string of the molecule is Cc1cc(OCC(=O)NC2(C(=O)O)CCCC2)no1. The quantitative estimate of drug-likeness (QED) is 0.821. The molecule has 0 aliphatic heterocycles. The summed E-state index contributed by atoms with van der Waals surface area (Å²) in [5.74, 6) is -0.669. The summed E-state index contributed by atoms with van der Waals surface area (Å²) in [4.78, 5) is 23.0. The van der Waals surface area contributed by atoms with Gasteiger partial charge in [0.05, 0.1) is 0 Å². The van der Waals surface area contributed by atoms with Crippen LogP contribution in [0.3, 0.4) is 0 Å². The summed E-state index contributed by atoms with van der Waals surface area (Å²) in [6, 6.07) is 1.55. The second-order valence-corrected chi connectivity index (χ2v) is 4.71. The lowest BCUT2D eigenvalue weighted by molar-refractivity contribution is -0.147. The van der Waals surface area contributed by atoms with Gasteiger partial charge < -0.3 is 19.7 Å². The largest absolute Gasteiger partial charge is 0.480 e. The first kappa shape index (κ1) is 13.4. The molecule has 0 bridgehead atoms. The summed E-state index contributed by atoms with van der Waals surface area (Å²) in [6.45, 7) is 1.43. The topological polar surface area (TPSA) is 102 Å². The van der Waals surface area contributed by atoms with Gasteiger partial charge in [-0.3, -0.25) is 4.79 Å². The van der Waals surface area contributed by atoms with Crippen LogP contribution >= 0.6 is 0 Å². The standard InChI is InChI=1S/C12H16N2O5/c1-8-6-10(14-19-8)18-7-9(15)13-12(11(16)17)4-2-3-5-12/h6H,2-5,7H2,1H3,(H,13,15)(H,16,17). The number of rotatable bonds is 5. The van der Waals surface area contributed by atoms with Crippen LogP contribution in [0.15, 0.2) is 10.6 Å². The van der Waals surface area contributed by atoms with Crippen molar-refractivity contribution in [3.05, 3.63) is 11.8 Å². The van der Waals surface area contributed by atoms with Gasteiger partial charge in [-0.05, 0) is 24.9 Å². The number of aliphatic carboxylic acids is 1. The van der Waals surface area contributed by atoms with Crippen molar-refractivity contribution in [1.82, 2.24) is 10.5 Å². The molecular formula is C12H16N2O5. The zero-order chi connectivity index (χ0) is 13.9. The average molecular weight is 268 g/mol. The lowest BCUT2D eigenvalue weighted by Gasteiger charge is -2.25. The van der Waals surface area contributed by atoms with Crippen LogP contribution in [0.4, 0.5) is 0 Å². The highest BCUT2D eigenvalue weighted by Crippen LogP contribution is 2.29. The summed E-state index contributed by atoms with van der Waals surface area (Å²) >= 11 is 0. The van der Waals surface area contributed by atoms with Crippen molar-refractivity contribution in [2.75, 3.05) is 6.61 Å². The second-order valence-electron chi connectivity index (χ2n) is 4.71. The van der Waals surface area contributed by atoms with Crippen LogP contribution in [0.5, 0.6) is 5.88 Å². The van der Waals surface area contributed by atoms with Gasteiger partial charge in [-0.2, -0.15) is 0 Å². The summed E-state index contributed by atoms with van der Waals surface area (Å²) in [6.07, 6.45) is 2.51. The van der Waals surface area contributed by atoms with E-state index in [1.165, 1.54) is 0 Å². The molecule has 2 N–H and O–H groups in total. The van der Waals surface area contributed by atoms with E-state index >= 15 is 0 Å². The second kappa shape index (κ2) is 5.29. The van der Waals surface area contributed by atoms with Crippen molar-refractivity contribution >= 4 is 11.9 Å². The zero-order valence-electron chi connectivity index (χ0n) is 10.6. The number of amides is 1. The van der Waals surface area contributed by atoms with Gasteiger partial charge in [0, 0.05) is 6.07 Å². The number of carboxylic acids is 1. The Balaban J connectivity index is 1.88. The number of nitrogens with one attached hydrogen (secondary N) is 1. The van der Waals surface area contributed by atoms with Gasteiger partial charge >= 0.3 is 5.97 Å². The Hall–Kier alpha value is -2.05. The van der Waals surface area contributed by atoms with E-state index in [0.29, 0.717) is 18.6 Å². The number of aryl methyl sites for hydroxylation is 1. The molecule has 1 aromatic rings. The Bertz CT molecular complexity index is 476. The van der Waals surface area contributed by atoms with Gasteiger partial charge in [0.1, 0.15) is 11.3 Å². The number of hydrogen-bond donors (Lipinski definition) is 2. The monoisotopic (exact) mass is 268 g/mol. The normalized spacial score (nSPS) is 17.1. The molecule has 1 fully saturated rings. The molecule has 0 aromatic carbocycles. The van der Waals surface area contributed by atoms with E-state index in [1.54, 1.807) is 13.0 Å². The summed E-state index contributed by atoms with van der Waals surface area (Å²) < 4.78 is 9.90. The molecule has 0 radical (unpaired) electrons. The number of carboxylic acid groups (broad SMARTS) is 1. The number of ether oxygens (including phenoxy) is 1. The molecule has 0 spiro atoms. The van der Waals surface area contributed by atoms with Crippen LogP contribution < -0.4 is 10.1 Å². The van der Waals surface area contributed by atoms with Gasteiger partial charge in [-0.15, -0.1) is 0 Å². The first-order valence-corrected chi connectivity index (χ1v) is 6.12.